The highest BCUT2D eigenvalue weighted by Gasteiger charge is 2.38. The molecule has 16 heavy (non-hydrogen) atoms. The lowest BCUT2D eigenvalue weighted by atomic mass is 9.73. The lowest BCUT2D eigenvalue weighted by molar-refractivity contribution is 0.0722. The fraction of sp³-hybridized carbons (Fsp3) is 0.615. The second kappa shape index (κ2) is 4.68. The zero-order chi connectivity index (χ0) is 11.6. The second-order valence-corrected chi connectivity index (χ2v) is 5.91. The third kappa shape index (κ3) is 2.06. The van der Waals surface area contributed by atoms with Gasteiger partial charge in [0.1, 0.15) is 0 Å². The molecule has 1 saturated heterocycles. The molecule has 0 atom stereocenters. The summed E-state index contributed by atoms with van der Waals surface area (Å²) >= 11 is 1.63. The lowest BCUT2D eigenvalue weighted by Gasteiger charge is -2.35. The molecule has 88 valence electrons. The van der Waals surface area contributed by atoms with E-state index in [1.165, 1.54) is 4.88 Å². The summed E-state index contributed by atoms with van der Waals surface area (Å²) in [6.07, 6.45) is 2.93. The number of aryl methyl sites for hydroxylation is 1. The number of thiophene rings is 1. The van der Waals surface area contributed by atoms with Crippen LogP contribution in [0, 0.1) is 12.3 Å². The number of Topliss-reactive ketones (excluding diaryl/α,β-unsaturated/α-hetero) is 1. The van der Waals surface area contributed by atoms with Gasteiger partial charge in [0.2, 0.25) is 0 Å². The minimum absolute atomic E-state index is 0.0947. The van der Waals surface area contributed by atoms with Gasteiger partial charge in [-0.2, -0.15) is 0 Å². The van der Waals surface area contributed by atoms with Crippen molar-refractivity contribution in [3.63, 3.8) is 0 Å². The molecule has 2 heterocycles. The molecule has 1 aromatic heterocycles. The van der Waals surface area contributed by atoms with Crippen molar-refractivity contribution in [3.05, 3.63) is 21.9 Å². The van der Waals surface area contributed by atoms with Crippen LogP contribution in [0.3, 0.4) is 0 Å². The Kier molecular flexibility index (Phi) is 3.45. The standard InChI is InChI=1S/C13H19NOS/c1-3-13(6-8-14-9-7-13)12(15)11-5-4-10(2)16-11/h4-5,14H,3,6-9H2,1-2H3. The molecule has 2 nitrogen and oxygen atoms in total. The molecule has 0 bridgehead atoms. The fourth-order valence-electron chi connectivity index (χ4n) is 2.46. The summed E-state index contributed by atoms with van der Waals surface area (Å²) in [6, 6.07) is 4.03. The SMILES string of the molecule is CCC1(C(=O)c2ccc(C)s2)CCNCC1. The maximum absolute atomic E-state index is 12.5. The van der Waals surface area contributed by atoms with Crippen molar-refractivity contribution in [2.45, 2.75) is 33.1 Å². The van der Waals surface area contributed by atoms with Gasteiger partial charge in [-0.1, -0.05) is 6.92 Å². The Morgan fingerprint density at radius 3 is 2.62 bits per heavy atom. The number of piperidine rings is 1. The average Bonchev–Trinajstić information content (AvgIpc) is 2.76. The maximum Gasteiger partial charge on any atom is 0.178 e. The van der Waals surface area contributed by atoms with Gasteiger partial charge in [0.15, 0.2) is 5.78 Å². The minimum atomic E-state index is -0.0947. The van der Waals surface area contributed by atoms with E-state index < -0.39 is 0 Å². The predicted octanol–water partition coefficient (Wildman–Crippen LogP) is 3.02. The summed E-state index contributed by atoms with van der Waals surface area (Å²) < 4.78 is 0. The first-order valence-electron chi connectivity index (χ1n) is 6.00. The summed E-state index contributed by atoms with van der Waals surface area (Å²) in [5.74, 6) is 0.370. The predicted molar refractivity (Wildman–Crippen MR) is 68.2 cm³/mol. The van der Waals surface area contributed by atoms with E-state index in [0.717, 1.165) is 37.2 Å². The van der Waals surface area contributed by atoms with Crippen LogP contribution in [0.4, 0.5) is 0 Å². The normalized spacial score (nSPS) is 19.6. The van der Waals surface area contributed by atoms with Crippen LogP contribution in [0.2, 0.25) is 0 Å². The van der Waals surface area contributed by atoms with Crippen molar-refractivity contribution in [3.8, 4) is 0 Å². The van der Waals surface area contributed by atoms with Gasteiger partial charge in [0, 0.05) is 10.3 Å². The highest BCUT2D eigenvalue weighted by Crippen LogP contribution is 2.37. The van der Waals surface area contributed by atoms with Crippen LogP contribution in [0.25, 0.3) is 0 Å². The molecule has 2 rings (SSSR count). The molecule has 0 spiro atoms. The van der Waals surface area contributed by atoms with Gasteiger partial charge in [0.25, 0.3) is 0 Å². The molecule has 0 amide bonds. The van der Waals surface area contributed by atoms with Gasteiger partial charge >= 0.3 is 0 Å². The van der Waals surface area contributed by atoms with Crippen molar-refractivity contribution in [2.24, 2.45) is 5.41 Å². The third-order valence-electron chi connectivity index (χ3n) is 3.68. The average molecular weight is 237 g/mol. The number of rotatable bonds is 3. The van der Waals surface area contributed by atoms with Crippen LogP contribution in [-0.4, -0.2) is 18.9 Å². The molecule has 1 aliphatic heterocycles. The summed E-state index contributed by atoms with van der Waals surface area (Å²) in [5, 5.41) is 3.34. The Balaban J connectivity index is 2.24. The van der Waals surface area contributed by atoms with E-state index in [4.69, 9.17) is 0 Å². The van der Waals surface area contributed by atoms with Crippen LogP contribution < -0.4 is 5.32 Å². The van der Waals surface area contributed by atoms with Crippen molar-refractivity contribution in [1.82, 2.24) is 5.32 Å². The van der Waals surface area contributed by atoms with E-state index in [1.807, 2.05) is 12.1 Å². The minimum Gasteiger partial charge on any atom is -0.317 e. The van der Waals surface area contributed by atoms with Gasteiger partial charge in [0.05, 0.1) is 4.88 Å². The van der Waals surface area contributed by atoms with Gasteiger partial charge in [-0.25, -0.2) is 0 Å². The first kappa shape index (κ1) is 11.8. The molecule has 0 aliphatic carbocycles. The number of carbonyl (C=O) groups is 1. The molecular formula is C13H19NOS. The Labute approximate surface area is 101 Å². The number of nitrogens with one attached hydrogen (secondary N) is 1. The first-order valence-corrected chi connectivity index (χ1v) is 6.81. The molecule has 0 aromatic carbocycles. The van der Waals surface area contributed by atoms with Crippen molar-refractivity contribution in [2.75, 3.05) is 13.1 Å². The van der Waals surface area contributed by atoms with E-state index in [0.29, 0.717) is 5.78 Å². The Bertz CT molecular complexity index is 377. The van der Waals surface area contributed by atoms with Crippen LogP contribution in [0.15, 0.2) is 12.1 Å². The summed E-state index contributed by atoms with van der Waals surface area (Å²) in [5.41, 5.74) is -0.0947. The van der Waals surface area contributed by atoms with Crippen LogP contribution in [0.1, 0.15) is 40.7 Å². The molecule has 0 radical (unpaired) electrons. The molecular weight excluding hydrogens is 218 g/mol. The van der Waals surface area contributed by atoms with Gasteiger partial charge in [-0.05, 0) is 51.4 Å². The highest BCUT2D eigenvalue weighted by atomic mass is 32.1. The maximum atomic E-state index is 12.5. The molecule has 0 unspecified atom stereocenters. The molecule has 1 aliphatic rings. The third-order valence-corrected chi connectivity index (χ3v) is 4.68. The lowest BCUT2D eigenvalue weighted by Crippen LogP contribution is -2.41. The Morgan fingerprint density at radius 2 is 2.12 bits per heavy atom. The van der Waals surface area contributed by atoms with E-state index in [9.17, 15) is 4.79 Å². The Morgan fingerprint density at radius 1 is 1.44 bits per heavy atom. The molecule has 3 heteroatoms. The van der Waals surface area contributed by atoms with Gasteiger partial charge < -0.3 is 5.32 Å². The van der Waals surface area contributed by atoms with E-state index in [1.54, 1.807) is 11.3 Å². The van der Waals surface area contributed by atoms with Crippen molar-refractivity contribution in [1.29, 1.82) is 0 Å². The highest BCUT2D eigenvalue weighted by molar-refractivity contribution is 7.14. The largest absolute Gasteiger partial charge is 0.317 e. The number of hydrogen-bond donors (Lipinski definition) is 1. The molecule has 1 N–H and O–H groups in total. The zero-order valence-corrected chi connectivity index (χ0v) is 10.8. The topological polar surface area (TPSA) is 29.1 Å². The van der Waals surface area contributed by atoms with Crippen molar-refractivity contribution >= 4 is 17.1 Å². The number of ketones is 1. The molecule has 1 fully saturated rings. The molecule has 0 saturated carbocycles. The fourth-order valence-corrected chi connectivity index (χ4v) is 3.39. The quantitative estimate of drug-likeness (QED) is 0.819. The van der Waals surface area contributed by atoms with Crippen LogP contribution in [-0.2, 0) is 0 Å². The monoisotopic (exact) mass is 237 g/mol. The van der Waals surface area contributed by atoms with E-state index in [2.05, 4.69) is 19.2 Å². The van der Waals surface area contributed by atoms with Crippen LogP contribution in [0.5, 0.6) is 0 Å². The zero-order valence-electron chi connectivity index (χ0n) is 10.0. The van der Waals surface area contributed by atoms with Gasteiger partial charge in [-0.15, -0.1) is 11.3 Å². The number of hydrogen-bond acceptors (Lipinski definition) is 3. The summed E-state index contributed by atoms with van der Waals surface area (Å²) in [7, 11) is 0. The van der Waals surface area contributed by atoms with E-state index >= 15 is 0 Å². The van der Waals surface area contributed by atoms with Crippen LogP contribution >= 0.6 is 11.3 Å². The smallest absolute Gasteiger partial charge is 0.178 e. The van der Waals surface area contributed by atoms with Gasteiger partial charge in [-0.3, -0.25) is 4.79 Å². The Hall–Kier alpha value is -0.670. The summed E-state index contributed by atoms with van der Waals surface area (Å²) in [6.45, 7) is 6.15. The number of carbonyl (C=O) groups excluding carboxylic acids is 1. The first-order chi connectivity index (χ1) is 7.68. The van der Waals surface area contributed by atoms with Crippen molar-refractivity contribution < 1.29 is 4.79 Å². The summed E-state index contributed by atoms with van der Waals surface area (Å²) in [4.78, 5) is 14.7. The molecule has 1 aromatic rings. The van der Waals surface area contributed by atoms with E-state index in [-0.39, 0.29) is 5.41 Å². The second-order valence-electron chi connectivity index (χ2n) is 4.62.